The summed E-state index contributed by atoms with van der Waals surface area (Å²) in [6.07, 6.45) is 10.8. The molecule has 6 aliphatic rings. The SMILES string of the molecule is C[C@]12CCC3C4=C(CCC3C1C1CC1[C@@]2(O)CCCO)CC1(CC4)OCCO1. The zero-order valence-electron chi connectivity index (χ0n) is 17.3. The molecule has 1 aliphatic heterocycles. The molecule has 0 bridgehead atoms. The van der Waals surface area contributed by atoms with Crippen molar-refractivity contribution in [2.24, 2.45) is 35.0 Å². The van der Waals surface area contributed by atoms with Crippen molar-refractivity contribution >= 4 is 0 Å². The Morgan fingerprint density at radius 2 is 1.89 bits per heavy atom. The Bertz CT molecular complexity index is 695. The van der Waals surface area contributed by atoms with Gasteiger partial charge < -0.3 is 19.7 Å². The highest BCUT2D eigenvalue weighted by atomic mass is 16.7. The summed E-state index contributed by atoms with van der Waals surface area (Å²) in [5.41, 5.74) is 2.93. The number of ether oxygens (including phenoxy) is 2. The lowest BCUT2D eigenvalue weighted by Gasteiger charge is -2.56. The smallest absolute Gasteiger partial charge is 0.172 e. The standard InChI is InChI=1S/C24H36O4/c1-22-8-5-17-16-6-9-23(27-11-12-28-23)14-15(16)3-4-18(17)21(22)19-13-20(19)24(22,26)7-2-10-25/h17-21,25-26H,2-14H2,1H3/t17?,18?,19?,20?,21?,22-,24-/m0/s1. The number of hydrogen-bond donors (Lipinski definition) is 2. The highest BCUT2D eigenvalue weighted by Gasteiger charge is 2.75. The van der Waals surface area contributed by atoms with E-state index >= 15 is 0 Å². The number of rotatable bonds is 3. The summed E-state index contributed by atoms with van der Waals surface area (Å²) in [6.45, 7) is 4.11. The van der Waals surface area contributed by atoms with Crippen molar-refractivity contribution < 1.29 is 19.7 Å². The fourth-order valence-electron chi connectivity index (χ4n) is 8.88. The van der Waals surface area contributed by atoms with E-state index in [-0.39, 0.29) is 17.8 Å². The Labute approximate surface area is 168 Å². The average molecular weight is 389 g/mol. The molecular formula is C24H36O4. The van der Waals surface area contributed by atoms with Gasteiger partial charge in [-0.05, 0) is 86.4 Å². The zero-order chi connectivity index (χ0) is 19.1. The van der Waals surface area contributed by atoms with Crippen LogP contribution in [0.1, 0.15) is 71.1 Å². The molecule has 4 fully saturated rings. The van der Waals surface area contributed by atoms with Gasteiger partial charge in [-0.3, -0.25) is 0 Å². The Balaban J connectivity index is 1.29. The van der Waals surface area contributed by atoms with Gasteiger partial charge in [0.05, 0.1) is 18.8 Å². The molecule has 0 radical (unpaired) electrons. The first-order valence-electron chi connectivity index (χ1n) is 11.8. The summed E-state index contributed by atoms with van der Waals surface area (Å²) in [5.74, 6) is 3.12. The second-order valence-electron chi connectivity index (χ2n) is 11.0. The second kappa shape index (κ2) is 6.06. The summed E-state index contributed by atoms with van der Waals surface area (Å²) >= 11 is 0. The number of allylic oxidation sites excluding steroid dienone is 1. The van der Waals surface area contributed by atoms with E-state index in [0.717, 1.165) is 69.5 Å². The molecule has 6 rings (SSSR count). The summed E-state index contributed by atoms with van der Waals surface area (Å²) in [6, 6.07) is 0. The van der Waals surface area contributed by atoms with Gasteiger partial charge in [-0.25, -0.2) is 0 Å². The molecule has 1 spiro atoms. The van der Waals surface area contributed by atoms with Crippen LogP contribution in [0.5, 0.6) is 0 Å². The van der Waals surface area contributed by atoms with Gasteiger partial charge in [0.1, 0.15) is 0 Å². The molecular weight excluding hydrogens is 352 g/mol. The minimum absolute atomic E-state index is 0.0581. The maximum atomic E-state index is 11.8. The van der Waals surface area contributed by atoms with Gasteiger partial charge in [-0.1, -0.05) is 18.1 Å². The normalized spacial score (nSPS) is 50.9. The number of hydrogen-bond acceptors (Lipinski definition) is 4. The average Bonchev–Trinajstić information content (AvgIpc) is 3.32. The van der Waals surface area contributed by atoms with Crippen molar-refractivity contribution in [1.82, 2.24) is 0 Å². The Hall–Kier alpha value is -0.420. The van der Waals surface area contributed by atoms with E-state index in [2.05, 4.69) is 6.92 Å². The van der Waals surface area contributed by atoms with Gasteiger partial charge in [0.2, 0.25) is 0 Å². The van der Waals surface area contributed by atoms with Crippen molar-refractivity contribution in [1.29, 1.82) is 0 Å². The molecule has 0 amide bonds. The minimum atomic E-state index is -0.535. The second-order valence-corrected chi connectivity index (χ2v) is 11.0. The molecule has 2 N–H and O–H groups in total. The first-order chi connectivity index (χ1) is 13.5. The quantitative estimate of drug-likeness (QED) is 0.722. The van der Waals surface area contributed by atoms with Gasteiger partial charge in [0.25, 0.3) is 0 Å². The van der Waals surface area contributed by atoms with Crippen molar-refractivity contribution in [2.75, 3.05) is 19.8 Å². The third-order valence-corrected chi connectivity index (χ3v) is 10.1. The van der Waals surface area contributed by atoms with Crippen LogP contribution < -0.4 is 0 Å². The molecule has 156 valence electrons. The van der Waals surface area contributed by atoms with E-state index in [0.29, 0.717) is 11.8 Å². The molecule has 1 saturated heterocycles. The van der Waals surface area contributed by atoms with Crippen molar-refractivity contribution in [3.05, 3.63) is 11.1 Å². The molecule has 0 aromatic heterocycles. The highest BCUT2D eigenvalue weighted by molar-refractivity contribution is 5.31. The molecule has 7 atom stereocenters. The van der Waals surface area contributed by atoms with Crippen LogP contribution in [-0.4, -0.2) is 41.4 Å². The zero-order valence-corrected chi connectivity index (χ0v) is 17.3. The monoisotopic (exact) mass is 388 g/mol. The van der Waals surface area contributed by atoms with Gasteiger partial charge in [0, 0.05) is 19.4 Å². The van der Waals surface area contributed by atoms with Crippen LogP contribution in [0.3, 0.4) is 0 Å². The lowest BCUT2D eigenvalue weighted by molar-refractivity contribution is -0.167. The Kier molecular flexibility index (Phi) is 3.97. The third kappa shape index (κ3) is 2.27. The summed E-state index contributed by atoms with van der Waals surface area (Å²) < 4.78 is 12.1. The fourth-order valence-corrected chi connectivity index (χ4v) is 8.88. The maximum Gasteiger partial charge on any atom is 0.172 e. The van der Waals surface area contributed by atoms with Crippen LogP contribution in [-0.2, 0) is 9.47 Å². The topological polar surface area (TPSA) is 58.9 Å². The van der Waals surface area contributed by atoms with Crippen LogP contribution in [0.25, 0.3) is 0 Å². The van der Waals surface area contributed by atoms with Crippen molar-refractivity contribution in [3.8, 4) is 0 Å². The summed E-state index contributed by atoms with van der Waals surface area (Å²) in [4.78, 5) is 0. The summed E-state index contributed by atoms with van der Waals surface area (Å²) in [5, 5.41) is 21.2. The van der Waals surface area contributed by atoms with Crippen LogP contribution in [0.4, 0.5) is 0 Å². The van der Waals surface area contributed by atoms with E-state index in [9.17, 15) is 10.2 Å². The lowest BCUT2D eigenvalue weighted by Crippen LogP contribution is -2.54. The van der Waals surface area contributed by atoms with E-state index in [1.165, 1.54) is 25.7 Å². The van der Waals surface area contributed by atoms with E-state index in [1.54, 1.807) is 11.1 Å². The van der Waals surface area contributed by atoms with Crippen LogP contribution in [0.2, 0.25) is 0 Å². The Morgan fingerprint density at radius 3 is 2.68 bits per heavy atom. The predicted octanol–water partition coefficient (Wildman–Crippen LogP) is 3.81. The highest BCUT2D eigenvalue weighted by Crippen LogP contribution is 2.76. The van der Waals surface area contributed by atoms with Gasteiger partial charge in [-0.15, -0.1) is 0 Å². The molecule has 0 aromatic carbocycles. The van der Waals surface area contributed by atoms with Crippen LogP contribution in [0, 0.1) is 35.0 Å². The first kappa shape index (κ1) is 18.4. The van der Waals surface area contributed by atoms with E-state index < -0.39 is 5.60 Å². The number of fused-ring (bicyclic) bond motifs is 6. The fraction of sp³-hybridized carbons (Fsp3) is 0.917. The van der Waals surface area contributed by atoms with Crippen LogP contribution >= 0.6 is 0 Å². The molecule has 5 aliphatic carbocycles. The van der Waals surface area contributed by atoms with Gasteiger partial charge in [-0.2, -0.15) is 0 Å². The largest absolute Gasteiger partial charge is 0.396 e. The molecule has 28 heavy (non-hydrogen) atoms. The Morgan fingerprint density at radius 1 is 1.07 bits per heavy atom. The lowest BCUT2D eigenvalue weighted by atomic mass is 9.50. The maximum absolute atomic E-state index is 11.8. The molecule has 3 saturated carbocycles. The van der Waals surface area contributed by atoms with Crippen LogP contribution in [0.15, 0.2) is 11.1 Å². The molecule has 0 aromatic rings. The van der Waals surface area contributed by atoms with E-state index in [1.807, 2.05) is 0 Å². The molecule has 1 heterocycles. The van der Waals surface area contributed by atoms with Gasteiger partial charge in [0.15, 0.2) is 5.79 Å². The summed E-state index contributed by atoms with van der Waals surface area (Å²) in [7, 11) is 0. The minimum Gasteiger partial charge on any atom is -0.396 e. The number of aliphatic hydroxyl groups excluding tert-OH is 1. The molecule has 4 nitrogen and oxygen atoms in total. The predicted molar refractivity (Wildman–Crippen MR) is 105 cm³/mol. The molecule has 4 heteroatoms. The third-order valence-electron chi connectivity index (χ3n) is 10.1. The molecule has 5 unspecified atom stereocenters. The first-order valence-corrected chi connectivity index (χ1v) is 11.8. The van der Waals surface area contributed by atoms with Crippen molar-refractivity contribution in [3.63, 3.8) is 0 Å². The van der Waals surface area contributed by atoms with Crippen molar-refractivity contribution in [2.45, 2.75) is 82.5 Å². The van der Waals surface area contributed by atoms with E-state index in [4.69, 9.17) is 9.47 Å². The van der Waals surface area contributed by atoms with Gasteiger partial charge >= 0.3 is 0 Å². The number of aliphatic hydroxyl groups is 2.